The minimum atomic E-state index is -4.16. The Morgan fingerprint density at radius 3 is 2.58 bits per heavy atom. The third kappa shape index (κ3) is 4.43. The maximum atomic E-state index is 12.6. The summed E-state index contributed by atoms with van der Waals surface area (Å²) >= 11 is 3.04. The first kappa shape index (κ1) is 15.8. The number of nitrogens with one attached hydrogen (secondary N) is 1. The smallest absolute Gasteiger partial charge is 0.307 e. The van der Waals surface area contributed by atoms with Crippen LogP contribution in [0.5, 0.6) is 0 Å². The second kappa shape index (κ2) is 6.29. The molecule has 0 saturated heterocycles. The highest BCUT2D eigenvalue weighted by atomic mass is 79.9. The number of alkyl halides is 4. The van der Waals surface area contributed by atoms with Crippen molar-refractivity contribution in [1.29, 1.82) is 0 Å². The highest BCUT2D eigenvalue weighted by Gasteiger charge is 2.40. The van der Waals surface area contributed by atoms with E-state index >= 15 is 0 Å². The van der Waals surface area contributed by atoms with Crippen molar-refractivity contribution >= 4 is 21.6 Å². The number of hydrogen-bond donors (Lipinski definition) is 1. The summed E-state index contributed by atoms with van der Waals surface area (Å²) in [5, 5.41) is 12.8. The van der Waals surface area contributed by atoms with E-state index < -0.39 is 23.8 Å². The van der Waals surface area contributed by atoms with Gasteiger partial charge >= 0.3 is 12.3 Å². The molecule has 19 heavy (non-hydrogen) atoms. The van der Waals surface area contributed by atoms with Crippen LogP contribution in [0.1, 0.15) is 5.56 Å². The number of rotatable bonds is 6. The Hall–Kier alpha value is -1.22. The zero-order valence-corrected chi connectivity index (χ0v) is 11.0. The van der Waals surface area contributed by atoms with Crippen molar-refractivity contribution in [1.82, 2.24) is 5.32 Å². The first-order chi connectivity index (χ1) is 8.74. The van der Waals surface area contributed by atoms with Gasteiger partial charge in [-0.2, -0.15) is 8.78 Å². The van der Waals surface area contributed by atoms with E-state index in [1.165, 1.54) is 18.2 Å². The number of halogens is 5. The molecule has 0 radical (unpaired) electrons. The molecule has 0 atom stereocenters. The molecule has 0 fully saturated rings. The van der Waals surface area contributed by atoms with E-state index in [9.17, 15) is 27.7 Å². The van der Waals surface area contributed by atoms with Gasteiger partial charge in [0.15, 0.2) is 0 Å². The molecule has 4 nitrogen and oxygen atoms in total. The van der Waals surface area contributed by atoms with Gasteiger partial charge in [0.1, 0.15) is 0 Å². The second-order valence-electron chi connectivity index (χ2n) is 3.70. The van der Waals surface area contributed by atoms with E-state index in [-0.39, 0.29) is 17.8 Å². The van der Waals surface area contributed by atoms with Gasteiger partial charge in [-0.25, -0.2) is 8.78 Å². The molecule has 0 bridgehead atoms. The van der Waals surface area contributed by atoms with Crippen molar-refractivity contribution < 1.29 is 22.5 Å². The van der Waals surface area contributed by atoms with Crippen LogP contribution in [-0.4, -0.2) is 23.8 Å². The van der Waals surface area contributed by atoms with Gasteiger partial charge in [-0.15, -0.1) is 0 Å². The van der Waals surface area contributed by atoms with Crippen LogP contribution in [0, 0.1) is 10.1 Å². The molecule has 9 heteroatoms. The predicted octanol–water partition coefficient (Wildman–Crippen LogP) is 3.35. The standard InChI is InChI=1S/C10H9BrF4N2O2/c11-7-2-1-6(8(3-7)17(18)19)4-16-5-10(14,15)9(12)13/h1-3,9,16H,4-5H2. The molecule has 0 aliphatic rings. The number of nitro benzene ring substituents is 1. The fraction of sp³-hybridized carbons (Fsp3) is 0.400. The average Bonchev–Trinajstić information content (AvgIpc) is 2.30. The largest absolute Gasteiger partial charge is 0.319 e. The Kier molecular flexibility index (Phi) is 5.24. The van der Waals surface area contributed by atoms with Crippen LogP contribution in [0.2, 0.25) is 0 Å². The molecule has 1 aromatic carbocycles. The lowest BCUT2D eigenvalue weighted by Crippen LogP contribution is -2.38. The van der Waals surface area contributed by atoms with E-state index in [4.69, 9.17) is 0 Å². The molecular formula is C10H9BrF4N2O2. The molecule has 1 aromatic rings. The van der Waals surface area contributed by atoms with Gasteiger partial charge in [-0.05, 0) is 12.1 Å². The Morgan fingerprint density at radius 1 is 1.42 bits per heavy atom. The SMILES string of the molecule is O=[N+]([O-])c1cc(Br)ccc1CNCC(F)(F)C(F)F. The minimum Gasteiger partial charge on any atom is -0.307 e. The maximum Gasteiger partial charge on any atom is 0.319 e. The summed E-state index contributed by atoms with van der Waals surface area (Å²) in [4.78, 5) is 10.1. The molecule has 0 amide bonds. The maximum absolute atomic E-state index is 12.6. The molecule has 0 saturated carbocycles. The van der Waals surface area contributed by atoms with E-state index in [1.54, 1.807) is 0 Å². The van der Waals surface area contributed by atoms with E-state index in [2.05, 4.69) is 21.2 Å². The summed E-state index contributed by atoms with van der Waals surface area (Å²) in [5.41, 5.74) is -0.138. The van der Waals surface area contributed by atoms with Gasteiger partial charge in [0.25, 0.3) is 5.69 Å². The summed E-state index contributed by atoms with van der Waals surface area (Å²) in [7, 11) is 0. The van der Waals surface area contributed by atoms with Crippen LogP contribution in [0.4, 0.5) is 23.2 Å². The monoisotopic (exact) mass is 344 g/mol. The van der Waals surface area contributed by atoms with Crippen molar-refractivity contribution in [3.63, 3.8) is 0 Å². The zero-order valence-electron chi connectivity index (χ0n) is 9.38. The molecule has 0 aliphatic carbocycles. The average molecular weight is 345 g/mol. The normalized spacial score (nSPS) is 11.9. The molecule has 0 unspecified atom stereocenters. The zero-order chi connectivity index (χ0) is 14.6. The van der Waals surface area contributed by atoms with Crippen LogP contribution in [0.25, 0.3) is 0 Å². The van der Waals surface area contributed by atoms with Crippen LogP contribution in [0.3, 0.4) is 0 Å². The number of nitrogens with zero attached hydrogens (tertiary/aromatic N) is 1. The highest BCUT2D eigenvalue weighted by Crippen LogP contribution is 2.25. The Labute approximate surface area is 114 Å². The van der Waals surface area contributed by atoms with Gasteiger partial charge in [-0.3, -0.25) is 10.1 Å². The van der Waals surface area contributed by atoms with Gasteiger partial charge in [0.05, 0.1) is 11.5 Å². The third-order valence-electron chi connectivity index (χ3n) is 2.24. The topological polar surface area (TPSA) is 55.2 Å². The van der Waals surface area contributed by atoms with Gasteiger partial charge in [-0.1, -0.05) is 15.9 Å². The number of hydrogen-bond acceptors (Lipinski definition) is 3. The molecule has 1 N–H and O–H groups in total. The van der Waals surface area contributed by atoms with Crippen molar-refractivity contribution in [2.24, 2.45) is 0 Å². The van der Waals surface area contributed by atoms with Crippen molar-refractivity contribution in [2.75, 3.05) is 6.54 Å². The first-order valence-electron chi connectivity index (χ1n) is 5.03. The van der Waals surface area contributed by atoms with E-state index in [0.29, 0.717) is 4.47 Å². The Morgan fingerprint density at radius 2 is 2.05 bits per heavy atom. The lowest BCUT2D eigenvalue weighted by Gasteiger charge is -2.15. The van der Waals surface area contributed by atoms with Crippen LogP contribution in [-0.2, 0) is 6.54 Å². The number of nitro groups is 1. The van der Waals surface area contributed by atoms with Gasteiger partial charge in [0.2, 0.25) is 0 Å². The van der Waals surface area contributed by atoms with Gasteiger partial charge in [0, 0.05) is 22.6 Å². The Balaban J connectivity index is 2.71. The van der Waals surface area contributed by atoms with E-state index in [1.807, 2.05) is 0 Å². The summed E-state index contributed by atoms with van der Waals surface area (Å²) in [6.07, 6.45) is -3.78. The number of benzene rings is 1. The molecule has 0 aromatic heterocycles. The third-order valence-corrected chi connectivity index (χ3v) is 2.73. The van der Waals surface area contributed by atoms with Crippen LogP contribution in [0.15, 0.2) is 22.7 Å². The van der Waals surface area contributed by atoms with Crippen molar-refractivity contribution in [3.8, 4) is 0 Å². The second-order valence-corrected chi connectivity index (χ2v) is 4.61. The molecule has 0 spiro atoms. The Bertz CT molecular complexity index is 471. The van der Waals surface area contributed by atoms with Crippen molar-refractivity contribution in [2.45, 2.75) is 18.9 Å². The first-order valence-corrected chi connectivity index (χ1v) is 5.83. The minimum absolute atomic E-state index is 0.137. The van der Waals surface area contributed by atoms with Crippen LogP contribution < -0.4 is 5.32 Å². The summed E-state index contributed by atoms with van der Waals surface area (Å²) in [6.45, 7) is -1.55. The van der Waals surface area contributed by atoms with Crippen LogP contribution >= 0.6 is 15.9 Å². The molecule has 0 heterocycles. The lowest BCUT2D eigenvalue weighted by atomic mass is 10.2. The fourth-order valence-corrected chi connectivity index (χ4v) is 1.65. The molecule has 1 rings (SSSR count). The molecule has 0 aliphatic heterocycles. The van der Waals surface area contributed by atoms with Crippen molar-refractivity contribution in [3.05, 3.63) is 38.3 Å². The predicted molar refractivity (Wildman–Crippen MR) is 63.5 cm³/mol. The quantitative estimate of drug-likeness (QED) is 0.489. The summed E-state index contributed by atoms with van der Waals surface area (Å²) in [6, 6.07) is 4.06. The van der Waals surface area contributed by atoms with E-state index in [0.717, 1.165) is 0 Å². The fourth-order valence-electron chi connectivity index (χ4n) is 1.30. The molecular weight excluding hydrogens is 336 g/mol. The lowest BCUT2D eigenvalue weighted by molar-refractivity contribution is -0.385. The summed E-state index contributed by atoms with van der Waals surface area (Å²) in [5.74, 6) is -4.16. The highest BCUT2D eigenvalue weighted by molar-refractivity contribution is 9.10. The summed E-state index contributed by atoms with van der Waals surface area (Å²) < 4.78 is 49.5. The molecule has 106 valence electrons. The van der Waals surface area contributed by atoms with Gasteiger partial charge < -0.3 is 5.32 Å².